The summed E-state index contributed by atoms with van der Waals surface area (Å²) in [5, 5.41) is 14.1. The molecule has 2 amide bonds. The van der Waals surface area contributed by atoms with Gasteiger partial charge >= 0.3 is 12.0 Å². The second-order valence-electron chi connectivity index (χ2n) is 5.48. The van der Waals surface area contributed by atoms with Gasteiger partial charge in [-0.25, -0.2) is 9.59 Å². The summed E-state index contributed by atoms with van der Waals surface area (Å²) in [6.07, 6.45) is 3.09. The zero-order valence-corrected chi connectivity index (χ0v) is 11.2. The van der Waals surface area contributed by atoms with Crippen molar-refractivity contribution in [2.45, 2.75) is 38.6 Å². The fraction of sp³-hybridized carbons (Fsp3) is 0.833. The monoisotopic (exact) mass is 258 g/mol. The van der Waals surface area contributed by atoms with Crippen LogP contribution in [-0.4, -0.2) is 42.9 Å². The number of amides is 2. The number of carbonyl (C=O) groups excluding carboxylic acids is 1. The molecule has 6 nitrogen and oxygen atoms in total. The lowest BCUT2D eigenvalue weighted by molar-refractivity contribution is -0.142. The van der Waals surface area contributed by atoms with Gasteiger partial charge in [-0.1, -0.05) is 0 Å². The maximum atomic E-state index is 11.6. The van der Waals surface area contributed by atoms with E-state index in [2.05, 4.69) is 10.6 Å². The molecule has 1 rings (SSSR count). The Hall–Kier alpha value is -1.30. The number of ether oxygens (including phenoxy) is 1. The van der Waals surface area contributed by atoms with Gasteiger partial charge in [-0.15, -0.1) is 0 Å². The molecule has 0 saturated heterocycles. The summed E-state index contributed by atoms with van der Waals surface area (Å²) in [6, 6.07) is -0.439. The lowest BCUT2D eigenvalue weighted by atomic mass is 10.0. The minimum Gasteiger partial charge on any atom is -0.480 e. The zero-order valence-electron chi connectivity index (χ0n) is 11.2. The number of carboxylic acid groups (broad SMARTS) is 1. The number of aliphatic carboxylic acids is 1. The number of carbonyl (C=O) groups is 2. The first-order chi connectivity index (χ1) is 8.31. The molecule has 18 heavy (non-hydrogen) atoms. The Bertz CT molecular complexity index is 324. The van der Waals surface area contributed by atoms with Crippen molar-refractivity contribution in [2.24, 2.45) is 5.41 Å². The molecule has 0 spiro atoms. The molecule has 1 aliphatic carbocycles. The number of nitrogens with one attached hydrogen (secondary N) is 2. The standard InChI is InChI=1S/C12H22N2O4/c1-11(2,9(15)16)14-10(17)13-8-12(4-5-12)6-7-18-3/h4-8H2,1-3H3,(H,15,16)(H2,13,14,17). The van der Waals surface area contributed by atoms with Gasteiger partial charge < -0.3 is 20.5 Å². The Morgan fingerprint density at radius 3 is 2.44 bits per heavy atom. The van der Waals surface area contributed by atoms with Crippen LogP contribution in [0.25, 0.3) is 0 Å². The van der Waals surface area contributed by atoms with E-state index in [9.17, 15) is 9.59 Å². The molecule has 1 saturated carbocycles. The van der Waals surface area contributed by atoms with Crippen molar-refractivity contribution in [3.63, 3.8) is 0 Å². The lowest BCUT2D eigenvalue weighted by Crippen LogP contribution is -2.53. The number of rotatable bonds is 7. The molecule has 0 heterocycles. The van der Waals surface area contributed by atoms with Gasteiger partial charge in [0, 0.05) is 20.3 Å². The molecule has 1 aliphatic rings. The van der Waals surface area contributed by atoms with Crippen LogP contribution in [-0.2, 0) is 9.53 Å². The summed E-state index contributed by atoms with van der Waals surface area (Å²) in [5.74, 6) is -1.06. The van der Waals surface area contributed by atoms with Crippen LogP contribution >= 0.6 is 0 Å². The average Bonchev–Trinajstić information content (AvgIpc) is 3.04. The molecule has 0 aromatic rings. The summed E-state index contributed by atoms with van der Waals surface area (Å²) in [6.45, 7) is 4.15. The van der Waals surface area contributed by atoms with E-state index >= 15 is 0 Å². The van der Waals surface area contributed by atoms with Gasteiger partial charge in [-0.2, -0.15) is 0 Å². The zero-order chi connectivity index (χ0) is 13.8. The summed E-state index contributed by atoms with van der Waals surface area (Å²) >= 11 is 0. The fourth-order valence-electron chi connectivity index (χ4n) is 1.66. The van der Waals surface area contributed by atoms with E-state index < -0.39 is 17.5 Å². The Labute approximate surface area is 107 Å². The predicted octanol–water partition coefficient (Wildman–Crippen LogP) is 0.965. The van der Waals surface area contributed by atoms with Gasteiger partial charge in [0.1, 0.15) is 5.54 Å². The van der Waals surface area contributed by atoms with E-state index in [0.29, 0.717) is 13.2 Å². The van der Waals surface area contributed by atoms with E-state index in [1.165, 1.54) is 13.8 Å². The van der Waals surface area contributed by atoms with Gasteiger partial charge in [0.2, 0.25) is 0 Å². The van der Waals surface area contributed by atoms with Crippen molar-refractivity contribution in [2.75, 3.05) is 20.3 Å². The van der Waals surface area contributed by atoms with Crippen LogP contribution in [0.5, 0.6) is 0 Å². The smallest absolute Gasteiger partial charge is 0.328 e. The van der Waals surface area contributed by atoms with Crippen LogP contribution in [0.4, 0.5) is 4.79 Å². The molecule has 104 valence electrons. The number of methoxy groups -OCH3 is 1. The van der Waals surface area contributed by atoms with Gasteiger partial charge in [0.15, 0.2) is 0 Å². The molecule has 0 atom stereocenters. The molecule has 0 bridgehead atoms. The summed E-state index contributed by atoms with van der Waals surface area (Å²) in [7, 11) is 1.66. The van der Waals surface area contributed by atoms with Crippen LogP contribution in [0.3, 0.4) is 0 Å². The Balaban J connectivity index is 2.31. The van der Waals surface area contributed by atoms with Gasteiger partial charge in [-0.3, -0.25) is 0 Å². The molecule has 0 unspecified atom stereocenters. The first-order valence-corrected chi connectivity index (χ1v) is 6.10. The minimum atomic E-state index is -1.26. The number of hydrogen-bond acceptors (Lipinski definition) is 3. The summed E-state index contributed by atoms with van der Waals surface area (Å²) in [4.78, 5) is 22.4. The Morgan fingerprint density at radius 1 is 1.39 bits per heavy atom. The third-order valence-corrected chi connectivity index (χ3v) is 3.38. The van der Waals surface area contributed by atoms with E-state index in [0.717, 1.165) is 19.3 Å². The van der Waals surface area contributed by atoms with Crippen LogP contribution in [0.15, 0.2) is 0 Å². The van der Waals surface area contributed by atoms with Crippen LogP contribution in [0, 0.1) is 5.41 Å². The van der Waals surface area contributed by atoms with Gasteiger partial charge in [0.25, 0.3) is 0 Å². The number of hydrogen-bond donors (Lipinski definition) is 3. The minimum absolute atomic E-state index is 0.153. The molecule has 0 aromatic heterocycles. The SMILES string of the molecule is COCCC1(CNC(=O)NC(C)(C)C(=O)O)CC1. The van der Waals surface area contributed by atoms with Gasteiger partial charge in [-0.05, 0) is 38.5 Å². The highest BCUT2D eigenvalue weighted by Gasteiger charge is 2.42. The summed E-state index contributed by atoms with van der Waals surface area (Å²) in [5.41, 5.74) is -1.10. The molecular formula is C12H22N2O4. The van der Waals surface area contributed by atoms with Crippen LogP contribution in [0.1, 0.15) is 33.1 Å². The predicted molar refractivity (Wildman–Crippen MR) is 66.4 cm³/mol. The molecule has 0 aliphatic heterocycles. The normalized spacial score (nSPS) is 17.1. The van der Waals surface area contributed by atoms with Crippen molar-refractivity contribution in [3.05, 3.63) is 0 Å². The first-order valence-electron chi connectivity index (χ1n) is 6.10. The second kappa shape index (κ2) is 5.56. The van der Waals surface area contributed by atoms with Gasteiger partial charge in [0.05, 0.1) is 0 Å². The maximum absolute atomic E-state index is 11.6. The van der Waals surface area contributed by atoms with E-state index in [-0.39, 0.29) is 5.41 Å². The highest BCUT2D eigenvalue weighted by atomic mass is 16.5. The quantitative estimate of drug-likeness (QED) is 0.635. The largest absolute Gasteiger partial charge is 0.480 e. The van der Waals surface area contributed by atoms with Crippen molar-refractivity contribution in [3.8, 4) is 0 Å². The average molecular weight is 258 g/mol. The van der Waals surface area contributed by atoms with E-state index in [4.69, 9.17) is 9.84 Å². The van der Waals surface area contributed by atoms with Crippen LogP contribution in [0.2, 0.25) is 0 Å². The highest BCUT2D eigenvalue weighted by Crippen LogP contribution is 2.48. The Kier molecular flexibility index (Phi) is 4.56. The second-order valence-corrected chi connectivity index (χ2v) is 5.48. The van der Waals surface area contributed by atoms with Crippen molar-refractivity contribution < 1.29 is 19.4 Å². The van der Waals surface area contributed by atoms with E-state index in [1.807, 2.05) is 0 Å². The number of carboxylic acids is 1. The molecule has 0 aromatic carbocycles. The molecule has 1 fully saturated rings. The molecule has 6 heteroatoms. The third-order valence-electron chi connectivity index (χ3n) is 3.38. The van der Waals surface area contributed by atoms with Crippen molar-refractivity contribution >= 4 is 12.0 Å². The Morgan fingerprint density at radius 2 is 2.00 bits per heavy atom. The number of urea groups is 1. The maximum Gasteiger partial charge on any atom is 0.328 e. The third kappa shape index (κ3) is 4.18. The lowest BCUT2D eigenvalue weighted by Gasteiger charge is -2.22. The molecular weight excluding hydrogens is 236 g/mol. The van der Waals surface area contributed by atoms with E-state index in [1.54, 1.807) is 7.11 Å². The first kappa shape index (κ1) is 14.8. The molecule has 0 radical (unpaired) electrons. The van der Waals surface area contributed by atoms with Crippen LogP contribution < -0.4 is 10.6 Å². The fourth-order valence-corrected chi connectivity index (χ4v) is 1.66. The summed E-state index contributed by atoms with van der Waals surface area (Å²) < 4.78 is 5.03. The van der Waals surface area contributed by atoms with Crippen molar-refractivity contribution in [1.82, 2.24) is 10.6 Å². The topological polar surface area (TPSA) is 87.7 Å². The highest BCUT2D eigenvalue weighted by molar-refractivity contribution is 5.85. The van der Waals surface area contributed by atoms with Crippen molar-refractivity contribution in [1.29, 1.82) is 0 Å². The molecule has 3 N–H and O–H groups in total.